The van der Waals surface area contributed by atoms with Gasteiger partial charge in [0, 0.05) is 18.7 Å². The molecular formula is C21H17N5O5. The molecule has 2 aliphatic rings. The SMILES string of the molecule is N#Cc1c2n(c(=O)n(CC(=O)N3N=C(c4ccco4)C[C@H]3c3ccco3)c1=O)CCC2. The summed E-state index contributed by atoms with van der Waals surface area (Å²) in [6, 6.07) is 8.25. The Hall–Kier alpha value is -4.13. The first-order valence-corrected chi connectivity index (χ1v) is 9.82. The Kier molecular flexibility index (Phi) is 4.43. The molecule has 0 aromatic carbocycles. The molecule has 1 atom stereocenters. The molecule has 1 amide bonds. The summed E-state index contributed by atoms with van der Waals surface area (Å²) in [5, 5.41) is 15.0. The zero-order valence-corrected chi connectivity index (χ0v) is 16.4. The second-order valence-corrected chi connectivity index (χ2v) is 7.36. The minimum absolute atomic E-state index is 0.0892. The van der Waals surface area contributed by atoms with Crippen LogP contribution in [0.5, 0.6) is 0 Å². The predicted octanol–water partition coefficient (Wildman–Crippen LogP) is 1.39. The Labute approximate surface area is 175 Å². The van der Waals surface area contributed by atoms with E-state index in [9.17, 15) is 19.6 Å². The number of rotatable bonds is 4. The van der Waals surface area contributed by atoms with E-state index in [0.29, 0.717) is 48.7 Å². The molecule has 10 nitrogen and oxygen atoms in total. The summed E-state index contributed by atoms with van der Waals surface area (Å²) < 4.78 is 13.1. The molecule has 3 aromatic rings. The summed E-state index contributed by atoms with van der Waals surface area (Å²) in [6.45, 7) is -0.115. The van der Waals surface area contributed by atoms with Crippen LogP contribution in [0.1, 0.15) is 41.7 Å². The van der Waals surface area contributed by atoms with Crippen molar-refractivity contribution in [3.8, 4) is 6.07 Å². The van der Waals surface area contributed by atoms with Gasteiger partial charge in [0.25, 0.3) is 11.5 Å². The van der Waals surface area contributed by atoms with Crippen molar-refractivity contribution in [2.45, 2.75) is 38.4 Å². The Bertz CT molecular complexity index is 1340. The monoisotopic (exact) mass is 419 g/mol. The fraction of sp³-hybridized carbons (Fsp3) is 0.286. The second kappa shape index (κ2) is 7.28. The smallest absolute Gasteiger partial charge is 0.331 e. The highest BCUT2D eigenvalue weighted by Gasteiger charge is 2.36. The molecule has 0 radical (unpaired) electrons. The van der Waals surface area contributed by atoms with E-state index < -0.39 is 29.7 Å². The van der Waals surface area contributed by atoms with Crippen LogP contribution in [-0.4, -0.2) is 25.8 Å². The molecule has 5 heterocycles. The van der Waals surface area contributed by atoms with Gasteiger partial charge in [0.1, 0.15) is 41.5 Å². The molecular weight excluding hydrogens is 402 g/mol. The molecule has 5 rings (SSSR count). The van der Waals surface area contributed by atoms with Crippen molar-refractivity contribution < 1.29 is 13.6 Å². The fourth-order valence-corrected chi connectivity index (χ4v) is 4.13. The summed E-state index contributed by atoms with van der Waals surface area (Å²) in [4.78, 5) is 38.8. The number of nitrogens with zero attached hydrogens (tertiary/aromatic N) is 5. The number of hydrogen-bond donors (Lipinski definition) is 0. The van der Waals surface area contributed by atoms with Gasteiger partial charge in [-0.3, -0.25) is 14.2 Å². The molecule has 0 bridgehead atoms. The van der Waals surface area contributed by atoms with Crippen molar-refractivity contribution in [2.24, 2.45) is 5.10 Å². The van der Waals surface area contributed by atoms with Gasteiger partial charge in [-0.25, -0.2) is 14.4 Å². The average Bonchev–Trinajstić information content (AvgIpc) is 3.56. The maximum Gasteiger partial charge on any atom is 0.331 e. The van der Waals surface area contributed by atoms with Crippen LogP contribution in [0.4, 0.5) is 0 Å². The molecule has 2 aliphatic heterocycles. The number of furan rings is 2. The van der Waals surface area contributed by atoms with E-state index in [1.807, 2.05) is 6.07 Å². The van der Waals surface area contributed by atoms with Crippen LogP contribution in [0.2, 0.25) is 0 Å². The van der Waals surface area contributed by atoms with Crippen LogP contribution in [0.25, 0.3) is 0 Å². The van der Waals surface area contributed by atoms with E-state index in [-0.39, 0.29) is 5.56 Å². The Morgan fingerprint density at radius 1 is 1.23 bits per heavy atom. The minimum Gasteiger partial charge on any atom is -0.467 e. The molecule has 0 N–H and O–H groups in total. The van der Waals surface area contributed by atoms with Gasteiger partial charge in [-0.15, -0.1) is 0 Å². The quantitative estimate of drug-likeness (QED) is 0.629. The van der Waals surface area contributed by atoms with E-state index in [1.165, 1.54) is 22.1 Å². The van der Waals surface area contributed by atoms with Crippen molar-refractivity contribution in [2.75, 3.05) is 0 Å². The lowest BCUT2D eigenvalue weighted by Gasteiger charge is -2.20. The number of fused-ring (bicyclic) bond motifs is 1. The van der Waals surface area contributed by atoms with E-state index in [0.717, 1.165) is 4.57 Å². The Morgan fingerprint density at radius 3 is 2.74 bits per heavy atom. The van der Waals surface area contributed by atoms with E-state index in [1.54, 1.807) is 24.3 Å². The van der Waals surface area contributed by atoms with E-state index in [2.05, 4.69) is 5.10 Å². The van der Waals surface area contributed by atoms with Gasteiger partial charge in [0.15, 0.2) is 0 Å². The molecule has 3 aromatic heterocycles. The summed E-state index contributed by atoms with van der Waals surface area (Å²) in [5.41, 5.74) is -0.440. The van der Waals surface area contributed by atoms with Gasteiger partial charge in [-0.2, -0.15) is 10.4 Å². The highest BCUT2D eigenvalue weighted by Crippen LogP contribution is 2.33. The average molecular weight is 419 g/mol. The van der Waals surface area contributed by atoms with Crippen molar-refractivity contribution in [1.29, 1.82) is 5.26 Å². The highest BCUT2D eigenvalue weighted by atomic mass is 16.3. The van der Waals surface area contributed by atoms with Crippen LogP contribution in [-0.2, 0) is 24.3 Å². The standard InChI is InChI=1S/C21H17N5O5/c22-11-13-15-4-1-7-24(15)21(29)25(20(13)28)12-19(27)26-16(18-6-3-9-31-18)10-14(23-26)17-5-2-8-30-17/h2-3,5-6,8-9,16H,1,4,7,10,12H2/t16-/m0/s1. The van der Waals surface area contributed by atoms with Crippen molar-refractivity contribution in [3.05, 3.63) is 80.4 Å². The summed E-state index contributed by atoms with van der Waals surface area (Å²) in [6.07, 6.45) is 4.53. The van der Waals surface area contributed by atoms with Gasteiger partial charge in [-0.05, 0) is 37.1 Å². The first-order valence-electron chi connectivity index (χ1n) is 9.82. The third-order valence-corrected chi connectivity index (χ3v) is 5.58. The maximum absolute atomic E-state index is 13.2. The number of nitriles is 1. The molecule has 0 spiro atoms. The van der Waals surface area contributed by atoms with Crippen LogP contribution >= 0.6 is 0 Å². The molecule has 10 heteroatoms. The third kappa shape index (κ3) is 3.02. The maximum atomic E-state index is 13.2. The topological polar surface area (TPSA) is 127 Å². The van der Waals surface area contributed by atoms with E-state index >= 15 is 0 Å². The Balaban J connectivity index is 1.53. The summed E-state index contributed by atoms with van der Waals surface area (Å²) >= 11 is 0. The molecule has 0 fully saturated rings. The number of carbonyl (C=O) groups is 1. The first-order chi connectivity index (χ1) is 15.1. The number of aromatic nitrogens is 2. The van der Waals surface area contributed by atoms with Gasteiger partial charge < -0.3 is 8.83 Å². The number of hydrogen-bond acceptors (Lipinski definition) is 7. The van der Waals surface area contributed by atoms with Crippen molar-refractivity contribution >= 4 is 11.6 Å². The molecule has 0 aliphatic carbocycles. The lowest BCUT2D eigenvalue weighted by Crippen LogP contribution is -2.45. The van der Waals surface area contributed by atoms with Crippen LogP contribution < -0.4 is 11.2 Å². The lowest BCUT2D eigenvalue weighted by molar-refractivity contribution is -0.134. The number of amides is 1. The van der Waals surface area contributed by atoms with E-state index in [4.69, 9.17) is 8.83 Å². The van der Waals surface area contributed by atoms with Crippen LogP contribution in [0, 0.1) is 11.3 Å². The molecule has 0 saturated carbocycles. The molecule has 0 unspecified atom stereocenters. The number of hydrazone groups is 1. The van der Waals surface area contributed by atoms with Gasteiger partial charge in [0.05, 0.1) is 12.5 Å². The third-order valence-electron chi connectivity index (χ3n) is 5.58. The predicted molar refractivity (Wildman–Crippen MR) is 106 cm³/mol. The molecule has 156 valence electrons. The zero-order valence-electron chi connectivity index (χ0n) is 16.4. The van der Waals surface area contributed by atoms with Crippen LogP contribution in [0.15, 0.2) is 60.3 Å². The lowest BCUT2D eigenvalue weighted by atomic mass is 10.1. The van der Waals surface area contributed by atoms with Crippen molar-refractivity contribution in [1.82, 2.24) is 14.1 Å². The van der Waals surface area contributed by atoms with Crippen LogP contribution in [0.3, 0.4) is 0 Å². The Morgan fingerprint density at radius 2 is 2.03 bits per heavy atom. The minimum atomic E-state index is -0.752. The molecule has 31 heavy (non-hydrogen) atoms. The number of carbonyl (C=O) groups excluding carboxylic acids is 1. The highest BCUT2D eigenvalue weighted by molar-refractivity contribution is 6.01. The second-order valence-electron chi connectivity index (χ2n) is 7.36. The largest absolute Gasteiger partial charge is 0.467 e. The van der Waals surface area contributed by atoms with Gasteiger partial charge >= 0.3 is 5.69 Å². The van der Waals surface area contributed by atoms with Gasteiger partial charge in [0.2, 0.25) is 0 Å². The fourth-order valence-electron chi connectivity index (χ4n) is 4.13. The van der Waals surface area contributed by atoms with Gasteiger partial charge in [-0.1, -0.05) is 0 Å². The first kappa shape index (κ1) is 18.9. The van der Waals surface area contributed by atoms with Crippen molar-refractivity contribution in [3.63, 3.8) is 0 Å². The molecule has 0 saturated heterocycles. The normalized spacial score (nSPS) is 17.5. The summed E-state index contributed by atoms with van der Waals surface area (Å²) in [5.74, 6) is 0.479. The zero-order chi connectivity index (χ0) is 21.5. The summed E-state index contributed by atoms with van der Waals surface area (Å²) in [7, 11) is 0.